The first-order chi connectivity index (χ1) is 15.0. The Balaban J connectivity index is 2.27. The van der Waals surface area contributed by atoms with Gasteiger partial charge in [-0.25, -0.2) is 8.93 Å². The number of rotatable bonds is 7. The van der Waals surface area contributed by atoms with Crippen LogP contribution < -0.4 is 4.72 Å². The second-order valence-corrected chi connectivity index (χ2v) is 13.5. The van der Waals surface area contributed by atoms with Crippen LogP contribution >= 0.6 is 15.9 Å². The zero-order chi connectivity index (χ0) is 23.9. The number of ether oxygens (including phenoxy) is 2. The number of nitrogens with one attached hydrogen (secondary N) is 1. The summed E-state index contributed by atoms with van der Waals surface area (Å²) in [6.07, 6.45) is 4.11. The van der Waals surface area contributed by atoms with Crippen LogP contribution in [0.25, 0.3) is 0 Å². The van der Waals surface area contributed by atoms with E-state index in [0.29, 0.717) is 24.2 Å². The molecule has 6 atom stereocenters. The van der Waals surface area contributed by atoms with Crippen LogP contribution in [0.3, 0.4) is 0 Å². The van der Waals surface area contributed by atoms with Crippen LogP contribution in [0.4, 0.5) is 0 Å². The number of halogens is 1. The topological polar surface area (TPSA) is 47.6 Å². The second kappa shape index (κ2) is 9.52. The van der Waals surface area contributed by atoms with Crippen LogP contribution in [0.2, 0.25) is 0 Å². The molecule has 3 rings (SSSR count). The van der Waals surface area contributed by atoms with Crippen molar-refractivity contribution in [3.05, 3.63) is 46.1 Å². The highest BCUT2D eigenvalue weighted by molar-refractivity contribution is 9.10. The van der Waals surface area contributed by atoms with Gasteiger partial charge in [-0.15, -0.1) is 0 Å². The first kappa shape index (κ1) is 25.9. The Kier molecular flexibility index (Phi) is 7.71. The zero-order valence-electron chi connectivity index (χ0n) is 20.7. The summed E-state index contributed by atoms with van der Waals surface area (Å²) in [5.74, 6) is 1.46. The molecule has 1 saturated carbocycles. The third-order valence-corrected chi connectivity index (χ3v) is 9.62. The second-order valence-electron chi connectivity index (χ2n) is 10.6. The van der Waals surface area contributed by atoms with E-state index in [4.69, 9.17) is 9.47 Å². The number of fused-ring (bicyclic) bond motifs is 1. The van der Waals surface area contributed by atoms with Gasteiger partial charge in [0.15, 0.2) is 0 Å². The Labute approximate surface area is 205 Å². The fourth-order valence-corrected chi connectivity index (χ4v) is 7.61. The molecule has 180 valence electrons. The van der Waals surface area contributed by atoms with Crippen LogP contribution in [0.5, 0.6) is 0 Å². The summed E-state index contributed by atoms with van der Waals surface area (Å²) < 4.78 is 30.1. The maximum absolute atomic E-state index is 13.7. The number of hydrogen-bond donors (Lipinski definition) is 1. The van der Waals surface area contributed by atoms with Gasteiger partial charge in [0.05, 0.1) is 28.4 Å². The Hall–Kier alpha value is -0.690. The lowest BCUT2D eigenvalue weighted by atomic mass is 9.55. The monoisotopic (exact) mass is 525 g/mol. The van der Waals surface area contributed by atoms with E-state index in [0.717, 1.165) is 35.7 Å². The third kappa shape index (κ3) is 4.25. The number of methoxy groups -OCH3 is 1. The van der Waals surface area contributed by atoms with Crippen LogP contribution in [0.15, 0.2) is 35.0 Å². The Morgan fingerprint density at radius 2 is 2.00 bits per heavy atom. The molecular formula is C26H40BrNO3S. The summed E-state index contributed by atoms with van der Waals surface area (Å²) >= 11 is 3.69. The maximum atomic E-state index is 13.7. The van der Waals surface area contributed by atoms with E-state index in [1.807, 2.05) is 34.8 Å². The minimum absolute atomic E-state index is 0.196. The lowest BCUT2D eigenvalue weighted by Crippen LogP contribution is -2.61. The van der Waals surface area contributed by atoms with Crippen molar-refractivity contribution >= 4 is 26.9 Å². The average Bonchev–Trinajstić information content (AvgIpc) is 2.96. The molecule has 4 nitrogen and oxygen atoms in total. The number of hydrogen-bond acceptors (Lipinski definition) is 3. The molecule has 1 aromatic rings. The van der Waals surface area contributed by atoms with Crippen molar-refractivity contribution in [2.24, 2.45) is 17.3 Å². The molecule has 1 fully saturated rings. The smallest absolute Gasteiger partial charge is 0.118 e. The van der Waals surface area contributed by atoms with Gasteiger partial charge in [-0.05, 0) is 82.1 Å². The molecule has 1 N–H and O–H groups in total. The Bertz CT molecular complexity index is 882. The van der Waals surface area contributed by atoms with E-state index in [-0.39, 0.29) is 11.5 Å². The molecule has 2 aliphatic rings. The molecule has 0 amide bonds. The van der Waals surface area contributed by atoms with Gasteiger partial charge in [0.25, 0.3) is 0 Å². The SMILES string of the molecule is C=C(OCC)[C@]1(N[S@](=O)C(C)(C)C)c2cc(Br)ccc2C[C@@]12C[C@@H](CC)[C@H](OC)[C@@H](C)C2. The molecule has 0 unspecified atom stereocenters. The molecule has 0 aromatic heterocycles. The van der Waals surface area contributed by atoms with Gasteiger partial charge in [0.2, 0.25) is 0 Å². The summed E-state index contributed by atoms with van der Waals surface area (Å²) in [5, 5.41) is 0. The van der Waals surface area contributed by atoms with E-state index < -0.39 is 21.3 Å². The van der Waals surface area contributed by atoms with Gasteiger partial charge in [0, 0.05) is 17.0 Å². The minimum Gasteiger partial charge on any atom is -0.496 e. The largest absolute Gasteiger partial charge is 0.496 e. The van der Waals surface area contributed by atoms with E-state index in [9.17, 15) is 4.21 Å². The molecule has 2 aliphatic carbocycles. The molecule has 0 radical (unpaired) electrons. The van der Waals surface area contributed by atoms with Gasteiger partial charge in [-0.2, -0.15) is 0 Å². The van der Waals surface area contributed by atoms with Crippen molar-refractivity contribution in [3.8, 4) is 0 Å². The molecule has 1 aromatic carbocycles. The van der Waals surface area contributed by atoms with Crippen LogP contribution in [-0.4, -0.2) is 28.8 Å². The molecule has 0 aliphatic heterocycles. The van der Waals surface area contributed by atoms with Gasteiger partial charge in [-0.1, -0.05) is 48.8 Å². The van der Waals surface area contributed by atoms with Crippen LogP contribution in [0.1, 0.15) is 71.9 Å². The minimum atomic E-state index is -1.30. The van der Waals surface area contributed by atoms with Crippen molar-refractivity contribution in [1.29, 1.82) is 0 Å². The highest BCUT2D eigenvalue weighted by atomic mass is 79.9. The molecule has 32 heavy (non-hydrogen) atoms. The maximum Gasteiger partial charge on any atom is 0.118 e. The summed E-state index contributed by atoms with van der Waals surface area (Å²) in [5.41, 5.74) is 1.49. The van der Waals surface area contributed by atoms with Gasteiger partial charge < -0.3 is 9.47 Å². The van der Waals surface area contributed by atoms with E-state index >= 15 is 0 Å². The highest BCUT2D eigenvalue weighted by Crippen LogP contribution is 2.63. The lowest BCUT2D eigenvalue weighted by Gasteiger charge is -2.55. The third-order valence-electron chi connectivity index (χ3n) is 7.53. The van der Waals surface area contributed by atoms with Crippen molar-refractivity contribution in [1.82, 2.24) is 4.72 Å². The first-order valence-corrected chi connectivity index (χ1v) is 13.7. The molecule has 0 saturated heterocycles. The molecule has 0 bridgehead atoms. The molecule has 1 spiro atoms. The number of benzene rings is 1. The zero-order valence-corrected chi connectivity index (χ0v) is 23.1. The van der Waals surface area contributed by atoms with Crippen molar-refractivity contribution in [2.75, 3.05) is 13.7 Å². The van der Waals surface area contributed by atoms with Crippen molar-refractivity contribution in [3.63, 3.8) is 0 Å². The van der Waals surface area contributed by atoms with Gasteiger partial charge in [0.1, 0.15) is 11.3 Å². The lowest BCUT2D eigenvalue weighted by molar-refractivity contribution is -0.0862. The predicted octanol–water partition coefficient (Wildman–Crippen LogP) is 6.26. The van der Waals surface area contributed by atoms with Gasteiger partial charge in [-0.3, -0.25) is 0 Å². The van der Waals surface area contributed by atoms with Gasteiger partial charge >= 0.3 is 0 Å². The van der Waals surface area contributed by atoms with Crippen molar-refractivity contribution < 1.29 is 13.7 Å². The summed E-state index contributed by atoms with van der Waals surface area (Å²) in [6, 6.07) is 6.49. The van der Waals surface area contributed by atoms with Crippen LogP contribution in [-0.2, 0) is 32.4 Å². The summed E-state index contributed by atoms with van der Waals surface area (Å²) in [4.78, 5) is 0. The van der Waals surface area contributed by atoms with Crippen LogP contribution in [0, 0.1) is 17.3 Å². The first-order valence-electron chi connectivity index (χ1n) is 11.8. The predicted molar refractivity (Wildman–Crippen MR) is 137 cm³/mol. The average molecular weight is 527 g/mol. The fraction of sp³-hybridized carbons (Fsp3) is 0.692. The highest BCUT2D eigenvalue weighted by Gasteiger charge is 2.64. The van der Waals surface area contributed by atoms with E-state index in [1.54, 1.807) is 0 Å². The Morgan fingerprint density at radius 3 is 2.56 bits per heavy atom. The normalized spacial score (nSPS) is 33.2. The summed E-state index contributed by atoms with van der Waals surface area (Å²) in [6.45, 7) is 17.6. The summed E-state index contributed by atoms with van der Waals surface area (Å²) in [7, 11) is 0.530. The quantitative estimate of drug-likeness (QED) is 0.427. The molecule has 6 heteroatoms. The standard InChI is InChI=1S/C26H40BrNO3S/c1-9-19-15-25(14-17(3)23(19)30-8)16-20-11-12-21(27)13-22(20)26(25,18(4)31-10-2)28-32(29)24(5,6)7/h11-13,17,19,23,28H,4,9-10,14-16H2,1-3,5-8H3/t17-,19+,23+,25+,26-,32+/m0/s1. The fourth-order valence-electron chi connectivity index (χ4n) is 6.23. The Morgan fingerprint density at radius 1 is 1.31 bits per heavy atom. The molecule has 0 heterocycles. The molecular weight excluding hydrogens is 486 g/mol. The van der Waals surface area contributed by atoms with E-state index in [2.05, 4.69) is 59.3 Å². The van der Waals surface area contributed by atoms with Crippen molar-refractivity contribution in [2.45, 2.75) is 83.6 Å². The van der Waals surface area contributed by atoms with E-state index in [1.165, 1.54) is 5.56 Å².